The number of benzene rings is 2. The van der Waals surface area contributed by atoms with Crippen LogP contribution < -0.4 is 0 Å². The Bertz CT molecular complexity index is 1400. The van der Waals surface area contributed by atoms with Crippen molar-refractivity contribution in [2.24, 2.45) is 0 Å². The Labute approximate surface area is 223 Å². The van der Waals surface area contributed by atoms with Gasteiger partial charge in [0.15, 0.2) is 5.82 Å². The van der Waals surface area contributed by atoms with Crippen LogP contribution in [0.5, 0.6) is 0 Å². The molecule has 0 saturated carbocycles. The fourth-order valence-corrected chi connectivity index (χ4v) is 4.75. The van der Waals surface area contributed by atoms with Crippen molar-refractivity contribution in [3.8, 4) is 0 Å². The Morgan fingerprint density at radius 2 is 1.69 bits per heavy atom. The molecule has 0 aliphatic carbocycles. The number of piperazine rings is 1. The third-order valence-electron chi connectivity index (χ3n) is 6.55. The van der Waals surface area contributed by atoms with Crippen LogP contribution in [0.3, 0.4) is 0 Å². The number of halogens is 7. The number of amides is 1. The molecule has 8 nitrogen and oxygen atoms in total. The molecule has 2 aromatic carbocycles. The number of nitrogens with zero attached hydrogens (tertiary/aromatic N) is 5. The van der Waals surface area contributed by atoms with E-state index in [4.69, 9.17) is 0 Å². The Hall–Kier alpha value is -3.65. The van der Waals surface area contributed by atoms with Crippen molar-refractivity contribution >= 4 is 29.2 Å². The molecule has 0 bridgehead atoms. The molecule has 15 heteroatoms. The molecule has 2 aromatic heterocycles. The predicted octanol–water partition coefficient (Wildman–Crippen LogP) is 4.71. The van der Waals surface area contributed by atoms with Crippen molar-refractivity contribution in [2.75, 3.05) is 19.6 Å². The second-order valence-electron chi connectivity index (χ2n) is 9.07. The van der Waals surface area contributed by atoms with Crippen molar-refractivity contribution < 1.29 is 31.1 Å². The molecule has 1 aliphatic rings. The highest BCUT2D eigenvalue weighted by molar-refractivity contribution is 5.95. The van der Waals surface area contributed by atoms with E-state index < -0.39 is 41.0 Å². The SMILES string of the molecule is Cl.O=C(c1cc(C(F)(F)F)cc(C(F)(F)F)c1)N1CCN(Cc2nn[nH]n2)CC1Cc1c[nH]c2ccccc12. The summed E-state index contributed by atoms with van der Waals surface area (Å²) in [5.74, 6) is -0.478. The number of tetrazole rings is 1. The Morgan fingerprint density at radius 1 is 1.00 bits per heavy atom. The summed E-state index contributed by atoms with van der Waals surface area (Å²) in [6.07, 6.45) is -7.99. The zero-order valence-corrected chi connectivity index (χ0v) is 20.9. The van der Waals surface area contributed by atoms with E-state index in [2.05, 4.69) is 25.6 Å². The van der Waals surface area contributed by atoms with Gasteiger partial charge in [-0.25, -0.2) is 0 Å². The normalized spacial score (nSPS) is 16.9. The molecule has 5 rings (SSSR count). The average molecular weight is 574 g/mol. The molecule has 39 heavy (non-hydrogen) atoms. The van der Waals surface area contributed by atoms with Gasteiger partial charge in [0.05, 0.1) is 17.7 Å². The van der Waals surface area contributed by atoms with Crippen molar-refractivity contribution in [3.05, 3.63) is 76.7 Å². The largest absolute Gasteiger partial charge is 0.416 e. The molecule has 1 unspecified atom stereocenters. The smallest absolute Gasteiger partial charge is 0.361 e. The third kappa shape index (κ3) is 6.17. The minimum Gasteiger partial charge on any atom is -0.361 e. The predicted molar refractivity (Wildman–Crippen MR) is 130 cm³/mol. The van der Waals surface area contributed by atoms with Gasteiger partial charge in [0, 0.05) is 48.3 Å². The number of fused-ring (bicyclic) bond motifs is 1. The van der Waals surface area contributed by atoms with Gasteiger partial charge in [-0.15, -0.1) is 22.6 Å². The second kappa shape index (κ2) is 10.8. The molecule has 1 atom stereocenters. The first-order valence-electron chi connectivity index (χ1n) is 11.6. The number of hydrogen-bond donors (Lipinski definition) is 2. The van der Waals surface area contributed by atoms with Crippen molar-refractivity contribution in [2.45, 2.75) is 31.4 Å². The van der Waals surface area contributed by atoms with Crippen LogP contribution in [-0.4, -0.2) is 67.0 Å². The molecule has 1 amide bonds. The monoisotopic (exact) mass is 573 g/mol. The lowest BCUT2D eigenvalue weighted by Crippen LogP contribution is -2.55. The van der Waals surface area contributed by atoms with Gasteiger partial charge in [-0.05, 0) is 36.2 Å². The minimum absolute atomic E-state index is 0. The van der Waals surface area contributed by atoms with Crippen LogP contribution >= 0.6 is 12.4 Å². The van der Waals surface area contributed by atoms with Crippen molar-refractivity contribution in [1.82, 2.24) is 35.4 Å². The fraction of sp³-hybridized carbons (Fsp3) is 0.333. The molecule has 1 aliphatic heterocycles. The van der Waals surface area contributed by atoms with E-state index in [1.165, 1.54) is 4.90 Å². The van der Waals surface area contributed by atoms with Gasteiger partial charge < -0.3 is 9.88 Å². The van der Waals surface area contributed by atoms with E-state index in [1.807, 2.05) is 29.2 Å². The fourth-order valence-electron chi connectivity index (χ4n) is 4.75. The Kier molecular flexibility index (Phi) is 7.89. The van der Waals surface area contributed by atoms with Gasteiger partial charge in [0.1, 0.15) is 0 Å². The summed E-state index contributed by atoms with van der Waals surface area (Å²) in [5, 5.41) is 14.7. The average Bonchev–Trinajstić information content (AvgIpc) is 3.53. The summed E-state index contributed by atoms with van der Waals surface area (Å²) in [4.78, 5) is 20.0. The highest BCUT2D eigenvalue weighted by Gasteiger charge is 2.39. The zero-order valence-electron chi connectivity index (χ0n) is 20.1. The van der Waals surface area contributed by atoms with Crippen LogP contribution in [-0.2, 0) is 25.3 Å². The first-order valence-corrected chi connectivity index (χ1v) is 11.6. The van der Waals surface area contributed by atoms with Crippen LogP contribution in [0, 0.1) is 0 Å². The maximum absolute atomic E-state index is 13.5. The van der Waals surface area contributed by atoms with Gasteiger partial charge >= 0.3 is 12.4 Å². The number of aromatic amines is 2. The number of para-hydroxylation sites is 1. The van der Waals surface area contributed by atoms with Crippen molar-refractivity contribution in [1.29, 1.82) is 0 Å². The number of aromatic nitrogens is 5. The van der Waals surface area contributed by atoms with E-state index in [0.717, 1.165) is 16.5 Å². The summed E-state index contributed by atoms with van der Waals surface area (Å²) in [6, 6.07) is 7.92. The third-order valence-corrected chi connectivity index (χ3v) is 6.55. The molecule has 0 radical (unpaired) electrons. The summed E-state index contributed by atoms with van der Waals surface area (Å²) in [7, 11) is 0. The minimum atomic E-state index is -5.05. The van der Waals surface area contributed by atoms with E-state index in [-0.39, 0.29) is 25.0 Å². The summed E-state index contributed by atoms with van der Waals surface area (Å²) in [5.41, 5.74) is -1.99. The molecular formula is C24H22ClF6N7O. The summed E-state index contributed by atoms with van der Waals surface area (Å²) < 4.78 is 80.6. The van der Waals surface area contributed by atoms with Gasteiger partial charge in [-0.3, -0.25) is 9.69 Å². The Morgan fingerprint density at radius 3 is 2.33 bits per heavy atom. The number of carbonyl (C=O) groups is 1. The van der Waals surface area contributed by atoms with Gasteiger partial charge in [-0.1, -0.05) is 23.4 Å². The van der Waals surface area contributed by atoms with E-state index in [0.29, 0.717) is 44.0 Å². The lowest BCUT2D eigenvalue weighted by molar-refractivity contribution is -0.143. The standard InChI is InChI=1S/C24H21F6N7O.ClH/c25-23(26,27)16-7-14(8-17(10-16)24(28,29)30)22(38)37-6-5-36(13-21-32-34-35-33-21)12-18(37)9-15-11-31-20-4-2-1-3-19(15)20;/h1-4,7-8,10-11,18,31H,5-6,9,12-13H2,(H,32,33,34,35);1H. The van der Waals surface area contributed by atoms with Crippen LogP contribution in [0.2, 0.25) is 0 Å². The number of hydrogen-bond acceptors (Lipinski definition) is 5. The molecule has 1 saturated heterocycles. The first kappa shape index (κ1) is 28.4. The van der Waals surface area contributed by atoms with Crippen LogP contribution in [0.25, 0.3) is 10.9 Å². The van der Waals surface area contributed by atoms with E-state index >= 15 is 0 Å². The van der Waals surface area contributed by atoms with E-state index in [9.17, 15) is 31.1 Å². The molecule has 0 spiro atoms. The molecule has 4 aromatic rings. The van der Waals surface area contributed by atoms with Gasteiger partial charge in [-0.2, -0.15) is 31.6 Å². The molecule has 1 fully saturated rings. The number of carbonyl (C=O) groups excluding carboxylic acids is 1. The molecule has 2 N–H and O–H groups in total. The highest BCUT2D eigenvalue weighted by Crippen LogP contribution is 2.37. The number of alkyl halides is 6. The van der Waals surface area contributed by atoms with Crippen LogP contribution in [0.1, 0.15) is 32.9 Å². The number of nitrogens with one attached hydrogen (secondary N) is 2. The quantitative estimate of drug-likeness (QED) is 0.337. The van der Waals surface area contributed by atoms with Gasteiger partial charge in [0.25, 0.3) is 5.91 Å². The second-order valence-corrected chi connectivity index (χ2v) is 9.07. The molecular weight excluding hydrogens is 552 g/mol. The zero-order chi connectivity index (χ0) is 27.1. The van der Waals surface area contributed by atoms with Crippen molar-refractivity contribution in [3.63, 3.8) is 0 Å². The lowest BCUT2D eigenvalue weighted by atomic mass is 9.98. The molecule has 208 valence electrons. The van der Waals surface area contributed by atoms with Crippen LogP contribution in [0.15, 0.2) is 48.7 Å². The summed E-state index contributed by atoms with van der Waals surface area (Å²) >= 11 is 0. The first-order chi connectivity index (χ1) is 18.0. The van der Waals surface area contributed by atoms with E-state index in [1.54, 1.807) is 6.20 Å². The molecule has 3 heterocycles. The number of H-pyrrole nitrogens is 2. The lowest BCUT2D eigenvalue weighted by Gasteiger charge is -2.41. The maximum Gasteiger partial charge on any atom is 0.416 e. The van der Waals surface area contributed by atoms with Crippen LogP contribution in [0.4, 0.5) is 26.3 Å². The summed E-state index contributed by atoms with van der Waals surface area (Å²) in [6.45, 7) is 1.01. The Balaban J connectivity index is 0.00000353. The van der Waals surface area contributed by atoms with Gasteiger partial charge in [0.2, 0.25) is 0 Å². The number of rotatable bonds is 5. The maximum atomic E-state index is 13.5. The highest BCUT2D eigenvalue weighted by atomic mass is 35.5. The topological polar surface area (TPSA) is 93.8 Å².